The van der Waals surface area contributed by atoms with Gasteiger partial charge in [-0.3, -0.25) is 9.59 Å². The van der Waals surface area contributed by atoms with Gasteiger partial charge in [0.1, 0.15) is 6.29 Å². The summed E-state index contributed by atoms with van der Waals surface area (Å²) in [4.78, 5) is 26.1. The van der Waals surface area contributed by atoms with Crippen LogP contribution in [0.5, 0.6) is 0 Å². The number of benzene rings is 2. The number of rotatable bonds is 5. The summed E-state index contributed by atoms with van der Waals surface area (Å²) in [6.45, 7) is 2.68. The number of carbonyl (C=O) groups excluding carboxylic acids is 2. The molecule has 1 N–H and O–H groups in total. The van der Waals surface area contributed by atoms with Gasteiger partial charge in [-0.25, -0.2) is 0 Å². The van der Waals surface area contributed by atoms with E-state index in [0.29, 0.717) is 17.0 Å². The maximum Gasteiger partial charge on any atom is 0.226 e. The quantitative estimate of drug-likeness (QED) is 0.693. The van der Waals surface area contributed by atoms with E-state index in [-0.39, 0.29) is 17.9 Å². The molecule has 0 radical (unpaired) electrons. The van der Waals surface area contributed by atoms with E-state index < -0.39 is 5.60 Å². The lowest BCUT2D eigenvalue weighted by Gasteiger charge is -2.37. The Morgan fingerprint density at radius 1 is 1.13 bits per heavy atom. The van der Waals surface area contributed by atoms with Gasteiger partial charge >= 0.3 is 0 Å². The van der Waals surface area contributed by atoms with E-state index in [0.717, 1.165) is 61.6 Å². The maximum atomic E-state index is 13.0. The minimum absolute atomic E-state index is 0.0332. The van der Waals surface area contributed by atoms with Crippen LogP contribution in [0.15, 0.2) is 42.5 Å². The van der Waals surface area contributed by atoms with E-state index >= 15 is 0 Å². The van der Waals surface area contributed by atoms with Crippen LogP contribution in [0.4, 0.5) is 0 Å². The number of aldehydes is 1. The first kappa shape index (κ1) is 21.1. The molecular weight excluding hydrogens is 398 g/mol. The van der Waals surface area contributed by atoms with E-state index in [2.05, 4.69) is 0 Å². The number of hydrogen-bond acceptors (Lipinski definition) is 3. The average molecular weight is 426 g/mol. The minimum Gasteiger partial charge on any atom is -0.390 e. The summed E-state index contributed by atoms with van der Waals surface area (Å²) in [5.74, 6) is 0.189. The highest BCUT2D eigenvalue weighted by atomic mass is 35.5. The second kappa shape index (κ2) is 8.52. The van der Waals surface area contributed by atoms with Gasteiger partial charge in [-0.2, -0.15) is 0 Å². The van der Waals surface area contributed by atoms with Crippen molar-refractivity contribution < 1.29 is 14.7 Å². The predicted molar refractivity (Wildman–Crippen MR) is 119 cm³/mol. The zero-order chi connectivity index (χ0) is 21.3. The zero-order valence-corrected chi connectivity index (χ0v) is 18.1. The molecule has 1 atom stereocenters. The Labute approximate surface area is 182 Å². The summed E-state index contributed by atoms with van der Waals surface area (Å²) < 4.78 is 0. The Bertz CT molecular complexity index is 945. The van der Waals surface area contributed by atoms with E-state index in [1.165, 1.54) is 0 Å². The number of nitrogens with zero attached hydrogens (tertiary/aromatic N) is 1. The van der Waals surface area contributed by atoms with Crippen molar-refractivity contribution in [3.63, 3.8) is 0 Å². The largest absolute Gasteiger partial charge is 0.390 e. The molecule has 1 saturated carbocycles. The first-order chi connectivity index (χ1) is 14.4. The van der Waals surface area contributed by atoms with Crippen molar-refractivity contribution in [3.05, 3.63) is 58.6 Å². The lowest BCUT2D eigenvalue weighted by molar-refractivity contribution is -0.134. The molecule has 2 aromatic carbocycles. The van der Waals surface area contributed by atoms with E-state index in [1.807, 2.05) is 48.2 Å². The van der Waals surface area contributed by atoms with E-state index in [9.17, 15) is 14.7 Å². The molecule has 30 heavy (non-hydrogen) atoms. The van der Waals surface area contributed by atoms with Crippen molar-refractivity contribution in [1.82, 2.24) is 4.90 Å². The van der Waals surface area contributed by atoms with Gasteiger partial charge in [0.2, 0.25) is 5.91 Å². The fourth-order valence-electron chi connectivity index (χ4n) is 4.80. The Hall–Kier alpha value is -2.17. The van der Waals surface area contributed by atoms with Gasteiger partial charge in [0.15, 0.2) is 0 Å². The third-order valence-electron chi connectivity index (χ3n) is 6.70. The van der Waals surface area contributed by atoms with Gasteiger partial charge in [-0.05, 0) is 74.3 Å². The number of carbonyl (C=O) groups is 2. The highest BCUT2D eigenvalue weighted by Gasteiger charge is 2.39. The van der Waals surface area contributed by atoms with Crippen LogP contribution in [-0.4, -0.2) is 40.4 Å². The zero-order valence-electron chi connectivity index (χ0n) is 17.3. The monoisotopic (exact) mass is 425 g/mol. The van der Waals surface area contributed by atoms with Crippen molar-refractivity contribution in [2.75, 3.05) is 6.54 Å². The van der Waals surface area contributed by atoms with Gasteiger partial charge in [0.05, 0.1) is 5.60 Å². The van der Waals surface area contributed by atoms with Crippen LogP contribution in [0.3, 0.4) is 0 Å². The first-order valence-electron chi connectivity index (χ1n) is 10.7. The number of aliphatic hydroxyl groups is 1. The minimum atomic E-state index is -0.584. The number of halogens is 1. The van der Waals surface area contributed by atoms with Crippen molar-refractivity contribution in [3.8, 4) is 11.1 Å². The number of likely N-dealkylation sites (tertiary alicyclic amines) is 1. The fourth-order valence-corrected chi connectivity index (χ4v) is 5.06. The Kier molecular flexibility index (Phi) is 5.99. The maximum absolute atomic E-state index is 13.0. The van der Waals surface area contributed by atoms with Crippen molar-refractivity contribution in [2.45, 2.75) is 57.1 Å². The normalized spacial score (nSPS) is 26.8. The molecule has 4 nitrogen and oxygen atoms in total. The summed E-state index contributed by atoms with van der Waals surface area (Å²) in [6, 6.07) is 13.6. The molecule has 1 heterocycles. The molecular formula is C25H28ClNO3. The summed E-state index contributed by atoms with van der Waals surface area (Å²) in [5, 5.41) is 10.8. The molecule has 2 aliphatic rings. The second-order valence-electron chi connectivity index (χ2n) is 9.00. The van der Waals surface area contributed by atoms with Crippen LogP contribution in [0.2, 0.25) is 5.02 Å². The van der Waals surface area contributed by atoms with Crippen LogP contribution in [0, 0.1) is 5.92 Å². The molecule has 0 aromatic heterocycles. The molecule has 0 bridgehead atoms. The molecule has 0 spiro atoms. The fraction of sp³-hybridized carbons (Fsp3) is 0.440. The topological polar surface area (TPSA) is 57.6 Å². The van der Waals surface area contributed by atoms with Crippen LogP contribution >= 0.6 is 11.6 Å². The number of amides is 1. The standard InChI is InChI=1S/C25H28ClNO3/c1-25(30)10-7-22(8-11-25)27-12-9-21(24(27)29)14-20-6-5-19(15-23(20)26)18-4-2-3-17(13-18)16-28/h2-6,13,15-16,21-22,30H,7-12,14H2,1H3. The summed E-state index contributed by atoms with van der Waals surface area (Å²) >= 11 is 6.57. The highest BCUT2D eigenvalue weighted by Crippen LogP contribution is 2.35. The van der Waals surface area contributed by atoms with Crippen LogP contribution < -0.4 is 0 Å². The van der Waals surface area contributed by atoms with Crippen LogP contribution in [-0.2, 0) is 11.2 Å². The smallest absolute Gasteiger partial charge is 0.226 e. The molecule has 1 aliphatic heterocycles. The molecule has 5 heteroatoms. The molecule has 1 saturated heterocycles. The summed E-state index contributed by atoms with van der Waals surface area (Å²) in [6.07, 6.45) is 5.60. The Balaban J connectivity index is 1.43. The highest BCUT2D eigenvalue weighted by molar-refractivity contribution is 6.31. The van der Waals surface area contributed by atoms with Crippen LogP contribution in [0.25, 0.3) is 11.1 Å². The third kappa shape index (κ3) is 4.45. The predicted octanol–water partition coefficient (Wildman–Crippen LogP) is 4.90. The number of hydrogen-bond donors (Lipinski definition) is 1. The summed E-state index contributed by atoms with van der Waals surface area (Å²) in [5.41, 5.74) is 2.94. The molecule has 4 rings (SSSR count). The van der Waals surface area contributed by atoms with Crippen molar-refractivity contribution >= 4 is 23.8 Å². The van der Waals surface area contributed by atoms with Crippen LogP contribution in [0.1, 0.15) is 54.9 Å². The Morgan fingerprint density at radius 2 is 1.87 bits per heavy atom. The third-order valence-corrected chi connectivity index (χ3v) is 7.05. The molecule has 2 aromatic rings. The first-order valence-corrected chi connectivity index (χ1v) is 11.1. The van der Waals surface area contributed by atoms with E-state index in [1.54, 1.807) is 6.07 Å². The SMILES string of the molecule is CC1(O)CCC(N2CCC(Cc3ccc(-c4cccc(C=O)c4)cc3Cl)C2=O)CC1. The van der Waals surface area contributed by atoms with Gasteiger partial charge < -0.3 is 10.0 Å². The van der Waals surface area contributed by atoms with Crippen molar-refractivity contribution in [2.24, 2.45) is 5.92 Å². The van der Waals surface area contributed by atoms with Gasteiger partial charge in [0, 0.05) is 29.1 Å². The molecule has 158 valence electrons. The van der Waals surface area contributed by atoms with E-state index in [4.69, 9.17) is 11.6 Å². The lowest BCUT2D eigenvalue weighted by atomic mass is 9.83. The molecule has 1 unspecified atom stereocenters. The van der Waals surface area contributed by atoms with Gasteiger partial charge in [-0.15, -0.1) is 0 Å². The molecule has 1 aliphatic carbocycles. The van der Waals surface area contributed by atoms with Crippen molar-refractivity contribution in [1.29, 1.82) is 0 Å². The second-order valence-corrected chi connectivity index (χ2v) is 9.41. The summed E-state index contributed by atoms with van der Waals surface area (Å²) in [7, 11) is 0. The average Bonchev–Trinajstić information content (AvgIpc) is 3.10. The van der Waals surface area contributed by atoms with Gasteiger partial charge in [-0.1, -0.05) is 41.9 Å². The van der Waals surface area contributed by atoms with Gasteiger partial charge in [0.25, 0.3) is 0 Å². The Morgan fingerprint density at radius 3 is 2.57 bits per heavy atom. The lowest BCUT2D eigenvalue weighted by Crippen LogP contribution is -2.43. The molecule has 2 fully saturated rings. The molecule has 1 amide bonds.